The number of nitrogens with zero attached hydrogens (tertiary/aromatic N) is 1. The molecule has 0 aliphatic heterocycles. The van der Waals surface area contributed by atoms with Crippen LogP contribution in [0.3, 0.4) is 0 Å². The summed E-state index contributed by atoms with van der Waals surface area (Å²) in [4.78, 5) is 12.1. The zero-order valence-electron chi connectivity index (χ0n) is 20.1. The Labute approximate surface area is 205 Å². The second kappa shape index (κ2) is 11.2. The van der Waals surface area contributed by atoms with Crippen molar-refractivity contribution in [2.24, 2.45) is 5.10 Å². The molecule has 0 saturated heterocycles. The number of hydrazone groups is 1. The topological polar surface area (TPSA) is 69.2 Å². The number of hydrogen-bond acceptors (Lipinski definition) is 5. The molecule has 4 aromatic carbocycles. The largest absolute Gasteiger partial charge is 0.496 e. The number of hydrogen-bond donors (Lipinski definition) is 1. The van der Waals surface area contributed by atoms with Crippen molar-refractivity contribution in [3.05, 3.63) is 101 Å². The minimum Gasteiger partial charge on any atom is -0.496 e. The molecule has 0 bridgehead atoms. The van der Waals surface area contributed by atoms with E-state index in [0.717, 1.165) is 38.8 Å². The number of carbonyl (C=O) groups is 1. The number of nitrogens with one attached hydrogen (secondary N) is 1. The van der Waals surface area contributed by atoms with Crippen molar-refractivity contribution in [1.82, 2.24) is 5.43 Å². The van der Waals surface area contributed by atoms with Crippen LogP contribution >= 0.6 is 0 Å². The second-order valence-electron chi connectivity index (χ2n) is 8.27. The fourth-order valence-electron chi connectivity index (χ4n) is 3.79. The first-order chi connectivity index (χ1) is 17.0. The number of carbonyl (C=O) groups excluding carboxylic acids is 1. The van der Waals surface area contributed by atoms with Gasteiger partial charge in [-0.05, 0) is 83.8 Å². The zero-order valence-corrected chi connectivity index (χ0v) is 20.1. The number of fused-ring (bicyclic) bond motifs is 1. The molecule has 0 saturated carbocycles. The van der Waals surface area contributed by atoms with Gasteiger partial charge in [-0.3, -0.25) is 4.79 Å². The van der Waals surface area contributed by atoms with Crippen molar-refractivity contribution in [1.29, 1.82) is 0 Å². The van der Waals surface area contributed by atoms with Gasteiger partial charge in [-0.1, -0.05) is 36.4 Å². The van der Waals surface area contributed by atoms with Crippen molar-refractivity contribution >= 4 is 22.9 Å². The van der Waals surface area contributed by atoms with Gasteiger partial charge in [0, 0.05) is 5.56 Å². The van der Waals surface area contributed by atoms with E-state index in [-0.39, 0.29) is 12.5 Å². The molecule has 0 spiro atoms. The lowest BCUT2D eigenvalue weighted by atomic mass is 10.1. The molecule has 35 heavy (non-hydrogen) atoms. The lowest BCUT2D eigenvalue weighted by Gasteiger charge is -2.12. The van der Waals surface area contributed by atoms with Crippen LogP contribution in [0, 0.1) is 13.8 Å². The minimum atomic E-state index is -0.339. The van der Waals surface area contributed by atoms with Gasteiger partial charge in [0.15, 0.2) is 6.61 Å². The second-order valence-corrected chi connectivity index (χ2v) is 8.27. The Morgan fingerprint density at radius 1 is 0.857 bits per heavy atom. The summed E-state index contributed by atoms with van der Waals surface area (Å²) in [6.07, 6.45) is 1.58. The summed E-state index contributed by atoms with van der Waals surface area (Å²) in [7, 11) is 1.62. The van der Waals surface area contributed by atoms with Crippen molar-refractivity contribution in [3.63, 3.8) is 0 Å². The van der Waals surface area contributed by atoms with E-state index in [1.54, 1.807) is 13.3 Å². The van der Waals surface area contributed by atoms with Crippen molar-refractivity contribution in [2.75, 3.05) is 13.7 Å². The molecule has 0 heterocycles. The fourth-order valence-corrected chi connectivity index (χ4v) is 3.79. The standard InChI is InChI=1S/C29H28N2O4/c1-20-12-21(2)14-27(13-20)35-19-29(32)31-30-17-22-8-11-28(33-3)25(15-22)18-34-26-10-9-23-6-4-5-7-24(23)16-26/h4-17H,18-19H2,1-3H3,(H,31,32)/b30-17-. The smallest absolute Gasteiger partial charge is 0.277 e. The summed E-state index contributed by atoms with van der Waals surface area (Å²) in [6.45, 7) is 4.19. The van der Waals surface area contributed by atoms with Crippen molar-refractivity contribution in [2.45, 2.75) is 20.5 Å². The first-order valence-corrected chi connectivity index (χ1v) is 11.3. The number of amides is 1. The number of aryl methyl sites for hydroxylation is 2. The van der Waals surface area contributed by atoms with E-state index in [1.807, 2.05) is 80.6 Å². The highest BCUT2D eigenvalue weighted by Crippen LogP contribution is 2.24. The molecule has 6 heteroatoms. The molecule has 0 aliphatic carbocycles. The van der Waals surface area contributed by atoms with Crippen LogP contribution < -0.4 is 19.6 Å². The van der Waals surface area contributed by atoms with Gasteiger partial charge in [-0.25, -0.2) is 5.43 Å². The van der Waals surface area contributed by atoms with Gasteiger partial charge in [0.2, 0.25) is 0 Å². The molecule has 0 radical (unpaired) electrons. The predicted octanol–water partition coefficient (Wildman–Crippen LogP) is 5.57. The van der Waals surface area contributed by atoms with Gasteiger partial charge in [-0.2, -0.15) is 5.10 Å². The molecule has 0 fully saturated rings. The molecule has 0 atom stereocenters. The van der Waals surface area contributed by atoms with Crippen molar-refractivity contribution in [3.8, 4) is 17.2 Å². The Morgan fingerprint density at radius 2 is 1.63 bits per heavy atom. The average molecular weight is 469 g/mol. The van der Waals surface area contributed by atoms with Crippen LogP contribution in [0.2, 0.25) is 0 Å². The highest BCUT2D eigenvalue weighted by molar-refractivity contribution is 5.84. The summed E-state index contributed by atoms with van der Waals surface area (Å²) in [5, 5.41) is 6.34. The average Bonchev–Trinajstić information content (AvgIpc) is 2.85. The van der Waals surface area contributed by atoms with Crippen LogP contribution in [0.15, 0.2) is 84.0 Å². The summed E-state index contributed by atoms with van der Waals surface area (Å²) in [5.41, 5.74) is 6.33. The first-order valence-electron chi connectivity index (χ1n) is 11.3. The summed E-state index contributed by atoms with van der Waals surface area (Å²) < 4.78 is 17.1. The highest BCUT2D eigenvalue weighted by Gasteiger charge is 2.07. The number of methoxy groups -OCH3 is 1. The SMILES string of the molecule is COc1ccc(/C=N\NC(=O)COc2cc(C)cc(C)c2)cc1COc1ccc2ccccc2c1. The maximum absolute atomic E-state index is 12.1. The molecule has 0 aromatic heterocycles. The lowest BCUT2D eigenvalue weighted by Crippen LogP contribution is -2.24. The molecule has 0 aliphatic rings. The molecule has 178 valence electrons. The third-order valence-electron chi connectivity index (χ3n) is 5.39. The number of rotatable bonds is 9. The lowest BCUT2D eigenvalue weighted by molar-refractivity contribution is -0.123. The Bertz CT molecular complexity index is 1340. The van der Waals surface area contributed by atoms with E-state index >= 15 is 0 Å². The Hall–Kier alpha value is -4.32. The molecular weight excluding hydrogens is 440 g/mol. The van der Waals surface area contributed by atoms with Crippen LogP contribution in [0.4, 0.5) is 0 Å². The maximum Gasteiger partial charge on any atom is 0.277 e. The van der Waals surface area contributed by atoms with E-state index in [4.69, 9.17) is 14.2 Å². The summed E-state index contributed by atoms with van der Waals surface area (Å²) >= 11 is 0. The van der Waals surface area contributed by atoms with E-state index < -0.39 is 0 Å². The van der Waals surface area contributed by atoms with Gasteiger partial charge in [0.1, 0.15) is 23.9 Å². The normalized spacial score (nSPS) is 10.9. The Morgan fingerprint density at radius 3 is 2.40 bits per heavy atom. The number of ether oxygens (including phenoxy) is 3. The van der Waals surface area contributed by atoms with Crippen molar-refractivity contribution < 1.29 is 19.0 Å². The van der Waals surface area contributed by atoms with E-state index in [2.05, 4.69) is 22.7 Å². The van der Waals surface area contributed by atoms with Gasteiger partial charge in [0.25, 0.3) is 5.91 Å². The zero-order chi connectivity index (χ0) is 24.6. The highest BCUT2D eigenvalue weighted by atomic mass is 16.5. The maximum atomic E-state index is 12.1. The van der Waals surface area contributed by atoms with Crippen LogP contribution in [0.5, 0.6) is 17.2 Å². The monoisotopic (exact) mass is 468 g/mol. The quantitative estimate of drug-likeness (QED) is 0.257. The summed E-state index contributed by atoms with van der Waals surface area (Å²) in [6, 6.07) is 25.6. The van der Waals surface area contributed by atoms with Crippen LogP contribution in [0.25, 0.3) is 10.8 Å². The minimum absolute atomic E-state index is 0.117. The van der Waals surface area contributed by atoms with E-state index in [0.29, 0.717) is 18.1 Å². The molecular formula is C29H28N2O4. The van der Waals surface area contributed by atoms with Gasteiger partial charge < -0.3 is 14.2 Å². The van der Waals surface area contributed by atoms with Gasteiger partial charge in [0.05, 0.1) is 13.3 Å². The Kier molecular flexibility index (Phi) is 7.63. The van der Waals surface area contributed by atoms with Crippen LogP contribution in [0.1, 0.15) is 22.3 Å². The molecule has 4 aromatic rings. The molecule has 1 N–H and O–H groups in total. The molecule has 1 amide bonds. The van der Waals surface area contributed by atoms with Crippen LogP contribution in [-0.4, -0.2) is 25.8 Å². The van der Waals surface area contributed by atoms with E-state index in [9.17, 15) is 4.79 Å². The number of benzene rings is 4. The summed E-state index contributed by atoms with van der Waals surface area (Å²) in [5.74, 6) is 1.82. The fraction of sp³-hybridized carbons (Fsp3) is 0.172. The molecule has 4 rings (SSSR count). The van der Waals surface area contributed by atoms with Crippen LogP contribution in [-0.2, 0) is 11.4 Å². The predicted molar refractivity (Wildman–Crippen MR) is 138 cm³/mol. The molecule has 6 nitrogen and oxygen atoms in total. The van der Waals surface area contributed by atoms with Gasteiger partial charge >= 0.3 is 0 Å². The third-order valence-corrected chi connectivity index (χ3v) is 5.39. The third kappa shape index (κ3) is 6.60. The van der Waals surface area contributed by atoms with E-state index in [1.165, 1.54) is 0 Å². The molecule has 0 unspecified atom stereocenters. The first kappa shape index (κ1) is 23.8. The Balaban J connectivity index is 1.35. The van der Waals surface area contributed by atoms with Gasteiger partial charge in [-0.15, -0.1) is 0 Å².